The molecule has 0 aliphatic carbocycles. The van der Waals surface area contributed by atoms with Crippen molar-refractivity contribution in [3.05, 3.63) is 12.2 Å². The fourth-order valence-corrected chi connectivity index (χ4v) is 1.38. The van der Waals surface area contributed by atoms with Gasteiger partial charge in [-0.2, -0.15) is 5.10 Å². The van der Waals surface area contributed by atoms with Gasteiger partial charge >= 0.3 is 0 Å². The molecule has 16 heavy (non-hydrogen) atoms. The number of nitrogens with one attached hydrogen (secondary N) is 1. The van der Waals surface area contributed by atoms with Crippen LogP contribution in [0.25, 0.3) is 0 Å². The molecule has 0 aliphatic heterocycles. The van der Waals surface area contributed by atoms with Crippen molar-refractivity contribution < 1.29 is 4.79 Å². The first-order chi connectivity index (χ1) is 7.63. The molecule has 0 atom stereocenters. The number of hydrogen-bond donors (Lipinski definition) is 1. The van der Waals surface area contributed by atoms with Gasteiger partial charge in [0.2, 0.25) is 0 Å². The molecule has 1 N–H and O–H groups in total. The van der Waals surface area contributed by atoms with Gasteiger partial charge in [-0.05, 0) is 6.42 Å². The zero-order valence-electron chi connectivity index (χ0n) is 10.2. The average Bonchev–Trinajstić information content (AvgIpc) is 2.63. The van der Waals surface area contributed by atoms with Crippen LogP contribution in [-0.2, 0) is 17.8 Å². The monoisotopic (exact) mass is 224 g/mol. The van der Waals surface area contributed by atoms with Crippen LogP contribution in [0.2, 0.25) is 0 Å². The molecule has 0 amide bonds. The molecule has 1 rings (SSSR count). The van der Waals surface area contributed by atoms with Crippen molar-refractivity contribution in [2.24, 2.45) is 0 Å². The number of rotatable bonds is 7. The van der Waals surface area contributed by atoms with E-state index in [-0.39, 0.29) is 5.78 Å². The minimum Gasteiger partial charge on any atom is -0.308 e. The summed E-state index contributed by atoms with van der Waals surface area (Å²) in [5.41, 5.74) is 0. The van der Waals surface area contributed by atoms with Crippen molar-refractivity contribution >= 4 is 5.78 Å². The van der Waals surface area contributed by atoms with Crippen LogP contribution < -0.4 is 5.32 Å². The van der Waals surface area contributed by atoms with Crippen molar-refractivity contribution in [3.8, 4) is 0 Å². The third kappa shape index (κ3) is 4.10. The molecule has 0 saturated heterocycles. The Bertz CT molecular complexity index is 332. The van der Waals surface area contributed by atoms with Gasteiger partial charge in [0.15, 0.2) is 5.78 Å². The highest BCUT2D eigenvalue weighted by Gasteiger charge is 2.09. The van der Waals surface area contributed by atoms with E-state index in [9.17, 15) is 4.79 Å². The van der Waals surface area contributed by atoms with E-state index in [2.05, 4.69) is 22.3 Å². The van der Waals surface area contributed by atoms with Crippen LogP contribution in [0, 0.1) is 0 Å². The Morgan fingerprint density at radius 1 is 1.56 bits per heavy atom. The Morgan fingerprint density at radius 2 is 2.31 bits per heavy atom. The minimum atomic E-state index is 0.152. The highest BCUT2D eigenvalue weighted by atomic mass is 16.1. The van der Waals surface area contributed by atoms with Crippen LogP contribution in [-0.4, -0.2) is 33.1 Å². The molecule has 0 unspecified atom stereocenters. The zero-order valence-corrected chi connectivity index (χ0v) is 10.2. The van der Waals surface area contributed by atoms with Crippen molar-refractivity contribution in [3.63, 3.8) is 0 Å². The van der Waals surface area contributed by atoms with Gasteiger partial charge in [0.25, 0.3) is 0 Å². The van der Waals surface area contributed by atoms with Gasteiger partial charge < -0.3 is 5.32 Å². The molecule has 5 heteroatoms. The molecule has 0 aromatic carbocycles. The molecule has 0 radical (unpaired) electrons. The summed E-state index contributed by atoms with van der Waals surface area (Å²) in [7, 11) is 0. The first-order valence-corrected chi connectivity index (χ1v) is 5.75. The molecule has 0 spiro atoms. The van der Waals surface area contributed by atoms with Crippen LogP contribution in [0.5, 0.6) is 0 Å². The molecular formula is C11H20N4O. The summed E-state index contributed by atoms with van der Waals surface area (Å²) in [6.45, 7) is 7.34. The van der Waals surface area contributed by atoms with E-state index in [1.165, 1.54) is 6.33 Å². The van der Waals surface area contributed by atoms with Crippen molar-refractivity contribution in [2.45, 2.75) is 46.2 Å². The van der Waals surface area contributed by atoms with Gasteiger partial charge in [0.05, 0.1) is 13.0 Å². The number of Topliss-reactive ketones (excluding diaryl/α,β-unsaturated/α-hetero) is 1. The second-order valence-electron chi connectivity index (χ2n) is 4.15. The van der Waals surface area contributed by atoms with Crippen LogP contribution in [0.4, 0.5) is 0 Å². The molecule has 1 heterocycles. The lowest BCUT2D eigenvalue weighted by atomic mass is 10.2. The van der Waals surface area contributed by atoms with Gasteiger partial charge in [-0.1, -0.05) is 20.8 Å². The quantitative estimate of drug-likeness (QED) is 0.744. The molecule has 0 bridgehead atoms. The number of aromatic nitrogens is 3. The summed E-state index contributed by atoms with van der Waals surface area (Å²) in [5, 5.41) is 7.19. The van der Waals surface area contributed by atoms with E-state index >= 15 is 0 Å². The van der Waals surface area contributed by atoms with Crippen molar-refractivity contribution in [2.75, 3.05) is 6.54 Å². The molecule has 1 aromatic heterocycles. The van der Waals surface area contributed by atoms with Crippen LogP contribution in [0.15, 0.2) is 6.33 Å². The Kier molecular flexibility index (Phi) is 5.11. The van der Waals surface area contributed by atoms with E-state index in [0.717, 1.165) is 18.8 Å². The number of ketones is 1. The summed E-state index contributed by atoms with van der Waals surface area (Å²) in [6, 6.07) is 0.331. The van der Waals surface area contributed by atoms with Crippen LogP contribution in [0.1, 0.15) is 33.0 Å². The molecule has 90 valence electrons. The smallest absolute Gasteiger partial charge is 0.154 e. The first-order valence-electron chi connectivity index (χ1n) is 5.75. The highest BCUT2D eigenvalue weighted by molar-refractivity contribution is 5.82. The molecule has 0 saturated carbocycles. The van der Waals surface area contributed by atoms with Gasteiger partial charge in [-0.3, -0.25) is 4.79 Å². The predicted octanol–water partition coefficient (Wildman–Crippen LogP) is 0.798. The number of carbonyl (C=O) groups excluding carboxylic acids is 1. The van der Waals surface area contributed by atoms with Gasteiger partial charge in [0, 0.05) is 12.6 Å². The average molecular weight is 224 g/mol. The van der Waals surface area contributed by atoms with Crippen molar-refractivity contribution in [1.29, 1.82) is 0 Å². The lowest BCUT2D eigenvalue weighted by Crippen LogP contribution is -2.30. The third-order valence-corrected chi connectivity index (χ3v) is 2.19. The predicted molar refractivity (Wildman–Crippen MR) is 62.2 cm³/mol. The standard InChI is InChI=1S/C11H20N4O/c1-4-5-15-11(13-8-14-15)6-10(16)7-12-9(2)3/h8-9,12H,4-7H2,1-3H3. The van der Waals surface area contributed by atoms with Gasteiger partial charge in [0.1, 0.15) is 12.2 Å². The Labute approximate surface area is 96.3 Å². The number of carbonyl (C=O) groups is 1. The third-order valence-electron chi connectivity index (χ3n) is 2.19. The highest BCUT2D eigenvalue weighted by Crippen LogP contribution is 1.98. The molecule has 1 aromatic rings. The SMILES string of the molecule is CCCn1ncnc1CC(=O)CNC(C)C. The summed E-state index contributed by atoms with van der Waals surface area (Å²) in [6.07, 6.45) is 2.86. The molecule has 0 fully saturated rings. The minimum absolute atomic E-state index is 0.152. The number of hydrogen-bond acceptors (Lipinski definition) is 4. The summed E-state index contributed by atoms with van der Waals surface area (Å²) in [4.78, 5) is 15.7. The Balaban J connectivity index is 2.46. The molecular weight excluding hydrogens is 204 g/mol. The number of nitrogens with zero attached hydrogens (tertiary/aromatic N) is 3. The van der Waals surface area contributed by atoms with Gasteiger partial charge in [-0.25, -0.2) is 9.67 Å². The summed E-state index contributed by atoms with van der Waals surface area (Å²) >= 11 is 0. The van der Waals surface area contributed by atoms with E-state index in [0.29, 0.717) is 19.0 Å². The normalized spacial score (nSPS) is 11.0. The van der Waals surface area contributed by atoms with Crippen LogP contribution >= 0.6 is 0 Å². The number of aryl methyl sites for hydroxylation is 1. The summed E-state index contributed by atoms with van der Waals surface area (Å²) in [5.74, 6) is 0.913. The second-order valence-corrected chi connectivity index (χ2v) is 4.15. The Morgan fingerprint density at radius 3 is 2.94 bits per heavy atom. The van der Waals surface area contributed by atoms with Crippen LogP contribution in [0.3, 0.4) is 0 Å². The topological polar surface area (TPSA) is 59.8 Å². The van der Waals surface area contributed by atoms with Crippen molar-refractivity contribution in [1.82, 2.24) is 20.1 Å². The Hall–Kier alpha value is -1.23. The van der Waals surface area contributed by atoms with Gasteiger partial charge in [-0.15, -0.1) is 0 Å². The first kappa shape index (κ1) is 12.8. The maximum atomic E-state index is 11.6. The fourth-order valence-electron chi connectivity index (χ4n) is 1.38. The lowest BCUT2D eigenvalue weighted by molar-refractivity contribution is -0.117. The molecule has 5 nitrogen and oxygen atoms in total. The van der Waals surface area contributed by atoms with E-state index in [1.807, 2.05) is 13.8 Å². The fraction of sp³-hybridized carbons (Fsp3) is 0.727. The molecule has 0 aliphatic rings. The second kappa shape index (κ2) is 6.37. The van der Waals surface area contributed by atoms with E-state index in [4.69, 9.17) is 0 Å². The maximum Gasteiger partial charge on any atom is 0.154 e. The lowest BCUT2D eigenvalue weighted by Gasteiger charge is -2.07. The van der Waals surface area contributed by atoms with E-state index < -0.39 is 0 Å². The zero-order chi connectivity index (χ0) is 12.0. The largest absolute Gasteiger partial charge is 0.308 e. The maximum absolute atomic E-state index is 11.6. The summed E-state index contributed by atoms with van der Waals surface area (Å²) < 4.78 is 1.80. The van der Waals surface area contributed by atoms with E-state index in [1.54, 1.807) is 4.68 Å².